The third-order valence-corrected chi connectivity index (χ3v) is 5.03. The Morgan fingerprint density at radius 2 is 1.95 bits per heavy atom. The number of piperazine rings is 1. The fraction of sp³-hybridized carbons (Fsp3) is 0.647. The quantitative estimate of drug-likeness (QED) is 0.917. The number of ether oxygens (including phenoxy) is 1. The minimum absolute atomic E-state index is 0.494. The lowest BCUT2D eigenvalue weighted by Crippen LogP contribution is -2.59. The molecule has 0 spiro atoms. The predicted octanol–water partition coefficient (Wildman–Crippen LogP) is 2.97. The van der Waals surface area contributed by atoms with Crippen molar-refractivity contribution in [3.8, 4) is 5.75 Å². The molecule has 3 atom stereocenters. The van der Waals surface area contributed by atoms with Crippen molar-refractivity contribution < 1.29 is 4.74 Å². The zero-order valence-corrected chi connectivity index (χ0v) is 12.6. The van der Waals surface area contributed by atoms with Gasteiger partial charge in [0.1, 0.15) is 5.75 Å². The van der Waals surface area contributed by atoms with Crippen molar-refractivity contribution in [1.29, 1.82) is 0 Å². The fourth-order valence-corrected chi connectivity index (χ4v) is 3.85. The lowest BCUT2D eigenvalue weighted by Gasteiger charge is -2.47. The highest BCUT2D eigenvalue weighted by atomic mass is 16.5. The first-order chi connectivity index (χ1) is 9.79. The summed E-state index contributed by atoms with van der Waals surface area (Å²) >= 11 is 0. The second kappa shape index (κ2) is 6.15. The lowest BCUT2D eigenvalue weighted by atomic mass is 9.86. The van der Waals surface area contributed by atoms with Crippen LogP contribution < -0.4 is 10.1 Å². The van der Waals surface area contributed by atoms with Crippen molar-refractivity contribution in [2.45, 2.75) is 50.7 Å². The highest BCUT2D eigenvalue weighted by Gasteiger charge is 2.35. The Labute approximate surface area is 122 Å². The van der Waals surface area contributed by atoms with Crippen molar-refractivity contribution in [2.24, 2.45) is 0 Å². The van der Waals surface area contributed by atoms with Gasteiger partial charge in [0.2, 0.25) is 0 Å². The number of fused-ring (bicyclic) bond motifs is 1. The molecule has 1 aromatic carbocycles. The molecule has 1 saturated heterocycles. The van der Waals surface area contributed by atoms with Gasteiger partial charge in [0.15, 0.2) is 0 Å². The molecule has 1 aliphatic carbocycles. The average Bonchev–Trinajstić information content (AvgIpc) is 2.54. The number of benzene rings is 1. The summed E-state index contributed by atoms with van der Waals surface area (Å²) in [7, 11) is 1.72. The summed E-state index contributed by atoms with van der Waals surface area (Å²) in [6, 6.07) is 10.5. The molecule has 1 N–H and O–H groups in total. The molecule has 0 radical (unpaired) electrons. The first-order valence-corrected chi connectivity index (χ1v) is 7.92. The van der Waals surface area contributed by atoms with Gasteiger partial charge in [0, 0.05) is 31.2 Å². The largest absolute Gasteiger partial charge is 0.497 e. The first kappa shape index (κ1) is 13.9. The van der Waals surface area contributed by atoms with E-state index in [1.54, 1.807) is 7.11 Å². The number of methoxy groups -OCH3 is 1. The first-order valence-electron chi connectivity index (χ1n) is 7.92. The van der Waals surface area contributed by atoms with Gasteiger partial charge in [0.25, 0.3) is 0 Å². The maximum atomic E-state index is 5.26. The Morgan fingerprint density at radius 1 is 1.20 bits per heavy atom. The Kier molecular flexibility index (Phi) is 4.27. The summed E-state index contributed by atoms with van der Waals surface area (Å²) in [4.78, 5) is 2.71. The van der Waals surface area contributed by atoms with Crippen LogP contribution >= 0.6 is 0 Å². The number of hydrogen-bond donors (Lipinski definition) is 1. The summed E-state index contributed by atoms with van der Waals surface area (Å²) in [5.74, 6) is 0.941. The second-order valence-electron chi connectivity index (χ2n) is 6.10. The molecule has 3 heteroatoms. The molecular weight excluding hydrogens is 248 g/mol. The van der Waals surface area contributed by atoms with E-state index in [2.05, 4.69) is 41.4 Å². The molecule has 0 aromatic heterocycles. The van der Waals surface area contributed by atoms with E-state index in [4.69, 9.17) is 4.74 Å². The molecule has 1 aromatic rings. The van der Waals surface area contributed by atoms with Crippen LogP contribution in [0.5, 0.6) is 5.75 Å². The number of rotatable bonds is 3. The summed E-state index contributed by atoms with van der Waals surface area (Å²) < 4.78 is 5.26. The molecular formula is C17H26N2O. The average molecular weight is 274 g/mol. The van der Waals surface area contributed by atoms with Crippen LogP contribution in [0.25, 0.3) is 0 Å². The van der Waals surface area contributed by atoms with Crippen molar-refractivity contribution in [2.75, 3.05) is 20.2 Å². The summed E-state index contributed by atoms with van der Waals surface area (Å²) in [6.45, 7) is 4.63. The molecule has 2 fully saturated rings. The van der Waals surface area contributed by atoms with Gasteiger partial charge in [-0.3, -0.25) is 4.90 Å². The third-order valence-electron chi connectivity index (χ3n) is 5.03. The van der Waals surface area contributed by atoms with Crippen LogP contribution in [0.4, 0.5) is 0 Å². The zero-order valence-electron chi connectivity index (χ0n) is 12.6. The molecule has 3 rings (SSSR count). The van der Waals surface area contributed by atoms with Crippen molar-refractivity contribution in [3.63, 3.8) is 0 Å². The van der Waals surface area contributed by atoms with E-state index in [9.17, 15) is 0 Å². The van der Waals surface area contributed by atoms with Gasteiger partial charge in [-0.1, -0.05) is 25.0 Å². The normalized spacial score (nSPS) is 28.7. The molecule has 1 heterocycles. The maximum absolute atomic E-state index is 5.26. The van der Waals surface area contributed by atoms with Crippen molar-refractivity contribution >= 4 is 0 Å². The van der Waals surface area contributed by atoms with E-state index in [0.29, 0.717) is 12.1 Å². The van der Waals surface area contributed by atoms with Crippen LogP contribution in [0.3, 0.4) is 0 Å². The summed E-state index contributed by atoms with van der Waals surface area (Å²) in [5.41, 5.74) is 1.40. The Balaban J connectivity index is 1.75. The predicted molar refractivity (Wildman–Crippen MR) is 82.2 cm³/mol. The molecule has 2 aliphatic rings. The highest BCUT2D eigenvalue weighted by molar-refractivity contribution is 5.29. The Hall–Kier alpha value is -1.06. The zero-order chi connectivity index (χ0) is 13.9. The van der Waals surface area contributed by atoms with Crippen molar-refractivity contribution in [1.82, 2.24) is 10.2 Å². The minimum atomic E-state index is 0.494. The maximum Gasteiger partial charge on any atom is 0.118 e. The van der Waals surface area contributed by atoms with E-state index >= 15 is 0 Å². The molecule has 0 amide bonds. The molecule has 3 unspecified atom stereocenters. The minimum Gasteiger partial charge on any atom is -0.497 e. The van der Waals surface area contributed by atoms with E-state index in [0.717, 1.165) is 24.9 Å². The van der Waals surface area contributed by atoms with E-state index < -0.39 is 0 Å². The lowest BCUT2D eigenvalue weighted by molar-refractivity contribution is 0.0550. The van der Waals surface area contributed by atoms with Crippen LogP contribution in [-0.2, 0) is 0 Å². The van der Waals surface area contributed by atoms with Crippen molar-refractivity contribution in [3.05, 3.63) is 29.8 Å². The summed E-state index contributed by atoms with van der Waals surface area (Å²) in [5, 5.41) is 3.71. The van der Waals surface area contributed by atoms with E-state index in [1.165, 1.54) is 31.2 Å². The van der Waals surface area contributed by atoms with Crippen LogP contribution in [0, 0.1) is 0 Å². The molecule has 110 valence electrons. The molecule has 3 nitrogen and oxygen atoms in total. The van der Waals surface area contributed by atoms with Gasteiger partial charge in [-0.2, -0.15) is 0 Å². The van der Waals surface area contributed by atoms with E-state index in [-0.39, 0.29) is 0 Å². The van der Waals surface area contributed by atoms with Crippen LogP contribution in [-0.4, -0.2) is 37.2 Å². The number of hydrogen-bond acceptors (Lipinski definition) is 3. The van der Waals surface area contributed by atoms with Crippen LogP contribution in [0.1, 0.15) is 44.2 Å². The topological polar surface area (TPSA) is 24.5 Å². The number of nitrogens with one attached hydrogen (secondary N) is 1. The van der Waals surface area contributed by atoms with Gasteiger partial charge in [-0.15, -0.1) is 0 Å². The summed E-state index contributed by atoms with van der Waals surface area (Å²) in [6.07, 6.45) is 5.46. The fourth-order valence-electron chi connectivity index (χ4n) is 3.85. The van der Waals surface area contributed by atoms with Gasteiger partial charge in [-0.05, 0) is 37.5 Å². The van der Waals surface area contributed by atoms with Crippen LogP contribution in [0.15, 0.2) is 24.3 Å². The van der Waals surface area contributed by atoms with Gasteiger partial charge in [-0.25, -0.2) is 0 Å². The monoisotopic (exact) mass is 274 g/mol. The Bertz CT molecular complexity index is 429. The standard InChI is InChI=1S/C17H26N2O/c1-13(14-7-9-15(20-2)10-8-14)19-12-11-18-16-5-3-4-6-17(16)19/h7-10,13,16-18H,3-6,11-12H2,1-2H3. The third kappa shape index (κ3) is 2.70. The van der Waals surface area contributed by atoms with E-state index in [1.807, 2.05) is 0 Å². The second-order valence-corrected chi connectivity index (χ2v) is 6.10. The smallest absolute Gasteiger partial charge is 0.118 e. The molecule has 1 aliphatic heterocycles. The molecule has 0 bridgehead atoms. The van der Waals surface area contributed by atoms with Gasteiger partial charge in [0.05, 0.1) is 7.11 Å². The van der Waals surface area contributed by atoms with Gasteiger partial charge < -0.3 is 10.1 Å². The highest BCUT2D eigenvalue weighted by Crippen LogP contribution is 2.32. The number of nitrogens with zero attached hydrogens (tertiary/aromatic N) is 1. The SMILES string of the molecule is COc1ccc(C(C)N2CCNC3CCCCC32)cc1. The van der Waals surface area contributed by atoms with Crippen LogP contribution in [0.2, 0.25) is 0 Å². The van der Waals surface area contributed by atoms with Gasteiger partial charge >= 0.3 is 0 Å². The Morgan fingerprint density at radius 3 is 2.70 bits per heavy atom. The molecule has 1 saturated carbocycles. The molecule has 20 heavy (non-hydrogen) atoms.